The van der Waals surface area contributed by atoms with Crippen molar-refractivity contribution >= 4 is 40.7 Å². The van der Waals surface area contributed by atoms with E-state index >= 15 is 0 Å². The van der Waals surface area contributed by atoms with E-state index in [0.29, 0.717) is 44.6 Å². The number of nitrogen functional groups attached to an aromatic ring is 1. The summed E-state index contributed by atoms with van der Waals surface area (Å²) < 4.78 is 10.7. The summed E-state index contributed by atoms with van der Waals surface area (Å²) in [6, 6.07) is 16.6. The Morgan fingerprint density at radius 2 is 1.85 bits per heavy atom. The highest BCUT2D eigenvalue weighted by atomic mass is 35.5. The maximum atomic E-state index is 13.0. The van der Waals surface area contributed by atoms with Crippen molar-refractivity contribution in [1.29, 1.82) is 5.41 Å². The van der Waals surface area contributed by atoms with E-state index in [-0.39, 0.29) is 12.4 Å². The quantitative estimate of drug-likeness (QED) is 0.217. The van der Waals surface area contributed by atoms with Crippen molar-refractivity contribution in [1.82, 2.24) is 0 Å². The number of amidine groups is 1. The first-order valence-electron chi connectivity index (χ1n) is 10.1. The van der Waals surface area contributed by atoms with E-state index in [4.69, 9.17) is 37.3 Å². The van der Waals surface area contributed by atoms with E-state index in [1.165, 1.54) is 13.2 Å². The fraction of sp³-hybridized carbons (Fsp3) is 0.125. The SMILES string of the molecule is COc1cccc(CNc2ccc(Cl)cc2C(=O)Nc2ccc(C(=N)N)cc2)c1OCC(=O)O. The van der Waals surface area contributed by atoms with Gasteiger partial charge in [0, 0.05) is 34.1 Å². The molecule has 3 aromatic rings. The van der Waals surface area contributed by atoms with Gasteiger partial charge in [-0.2, -0.15) is 0 Å². The number of rotatable bonds is 10. The molecule has 0 saturated heterocycles. The number of nitrogens with one attached hydrogen (secondary N) is 3. The monoisotopic (exact) mass is 482 g/mol. The van der Waals surface area contributed by atoms with Crippen LogP contribution in [0.3, 0.4) is 0 Å². The molecule has 3 aromatic carbocycles. The van der Waals surface area contributed by atoms with E-state index in [0.717, 1.165) is 0 Å². The van der Waals surface area contributed by atoms with Gasteiger partial charge in [-0.15, -0.1) is 0 Å². The van der Waals surface area contributed by atoms with Gasteiger partial charge >= 0.3 is 5.97 Å². The summed E-state index contributed by atoms with van der Waals surface area (Å²) in [5.41, 5.74) is 7.99. The summed E-state index contributed by atoms with van der Waals surface area (Å²) in [6.07, 6.45) is 0. The zero-order valence-electron chi connectivity index (χ0n) is 18.2. The number of carboxylic acid groups (broad SMARTS) is 1. The number of methoxy groups -OCH3 is 1. The van der Waals surface area contributed by atoms with Crippen molar-refractivity contribution in [2.75, 3.05) is 24.4 Å². The molecule has 6 N–H and O–H groups in total. The first kappa shape index (κ1) is 24.4. The average molecular weight is 483 g/mol. The van der Waals surface area contributed by atoms with Crippen LogP contribution in [-0.4, -0.2) is 36.5 Å². The third-order valence-corrected chi connectivity index (χ3v) is 5.00. The van der Waals surface area contributed by atoms with E-state index in [9.17, 15) is 9.59 Å². The average Bonchev–Trinajstić information content (AvgIpc) is 2.82. The molecule has 9 nitrogen and oxygen atoms in total. The second-order valence-electron chi connectivity index (χ2n) is 7.12. The number of hydrogen-bond acceptors (Lipinski definition) is 6. The van der Waals surface area contributed by atoms with Gasteiger partial charge in [0.25, 0.3) is 5.91 Å². The second-order valence-corrected chi connectivity index (χ2v) is 7.56. The van der Waals surface area contributed by atoms with Crippen LogP contribution in [0.2, 0.25) is 5.02 Å². The number of nitrogens with two attached hydrogens (primary N) is 1. The molecule has 0 heterocycles. The molecule has 34 heavy (non-hydrogen) atoms. The number of carboxylic acids is 1. The topological polar surface area (TPSA) is 147 Å². The number of carbonyl (C=O) groups is 2. The highest BCUT2D eigenvalue weighted by molar-refractivity contribution is 6.31. The van der Waals surface area contributed by atoms with Crippen LogP contribution in [-0.2, 0) is 11.3 Å². The van der Waals surface area contributed by atoms with Crippen molar-refractivity contribution in [3.05, 3.63) is 82.4 Å². The van der Waals surface area contributed by atoms with Crippen LogP contribution >= 0.6 is 11.6 Å². The number of aliphatic carboxylic acids is 1. The Labute approximate surface area is 201 Å². The van der Waals surface area contributed by atoms with Crippen LogP contribution in [0.1, 0.15) is 21.5 Å². The Bertz CT molecular complexity index is 1210. The number of ether oxygens (including phenoxy) is 2. The van der Waals surface area contributed by atoms with E-state index < -0.39 is 18.5 Å². The molecule has 0 bridgehead atoms. The van der Waals surface area contributed by atoms with Gasteiger partial charge in [-0.3, -0.25) is 10.2 Å². The molecular weight excluding hydrogens is 460 g/mol. The zero-order valence-corrected chi connectivity index (χ0v) is 19.0. The number of hydrogen-bond donors (Lipinski definition) is 5. The Morgan fingerprint density at radius 3 is 2.50 bits per heavy atom. The van der Waals surface area contributed by atoms with Gasteiger partial charge in [0.15, 0.2) is 18.1 Å². The van der Waals surface area contributed by atoms with Crippen LogP contribution < -0.4 is 25.8 Å². The van der Waals surface area contributed by atoms with Crippen LogP contribution in [0.15, 0.2) is 60.7 Å². The lowest BCUT2D eigenvalue weighted by atomic mass is 10.1. The number of halogens is 1. The molecule has 0 unspecified atom stereocenters. The van der Waals surface area contributed by atoms with Crippen LogP contribution in [0, 0.1) is 5.41 Å². The number of benzene rings is 3. The summed E-state index contributed by atoms with van der Waals surface area (Å²) in [4.78, 5) is 23.9. The standard InChI is InChI=1S/C24H23ClN4O5/c1-33-20-4-2-3-15(22(20)34-13-21(30)31)12-28-19-10-7-16(25)11-18(19)24(32)29-17-8-5-14(6-9-17)23(26)27/h2-11,28H,12-13H2,1H3,(H3,26,27)(H,29,32)(H,30,31). The zero-order chi connectivity index (χ0) is 24.7. The Kier molecular flexibility index (Phi) is 7.94. The fourth-order valence-electron chi connectivity index (χ4n) is 3.14. The van der Waals surface area contributed by atoms with E-state index in [1.54, 1.807) is 54.6 Å². The van der Waals surface area contributed by atoms with Crippen molar-refractivity contribution in [2.45, 2.75) is 6.54 Å². The Balaban J connectivity index is 1.81. The van der Waals surface area contributed by atoms with E-state index in [1.807, 2.05) is 0 Å². The maximum absolute atomic E-state index is 13.0. The lowest BCUT2D eigenvalue weighted by Crippen LogP contribution is -2.16. The van der Waals surface area contributed by atoms with Crippen molar-refractivity contribution in [2.24, 2.45) is 5.73 Å². The number of carbonyl (C=O) groups excluding carboxylic acids is 1. The third-order valence-electron chi connectivity index (χ3n) is 4.77. The highest BCUT2D eigenvalue weighted by Crippen LogP contribution is 2.32. The molecule has 0 fully saturated rings. The van der Waals surface area contributed by atoms with Gasteiger partial charge in [0.1, 0.15) is 5.84 Å². The van der Waals surface area contributed by atoms with E-state index in [2.05, 4.69) is 10.6 Å². The molecule has 10 heteroatoms. The predicted molar refractivity (Wildman–Crippen MR) is 130 cm³/mol. The summed E-state index contributed by atoms with van der Waals surface area (Å²) in [5, 5.41) is 22.8. The van der Waals surface area contributed by atoms with Gasteiger partial charge in [0.2, 0.25) is 0 Å². The van der Waals surface area contributed by atoms with Gasteiger partial charge in [-0.05, 0) is 48.5 Å². The Hall–Kier alpha value is -4.24. The van der Waals surface area contributed by atoms with Gasteiger partial charge < -0.3 is 30.9 Å². The minimum Gasteiger partial charge on any atom is -0.493 e. The molecule has 0 aliphatic rings. The summed E-state index contributed by atoms with van der Waals surface area (Å²) >= 11 is 6.13. The molecule has 0 spiro atoms. The minimum atomic E-state index is -1.11. The van der Waals surface area contributed by atoms with Crippen molar-refractivity contribution in [3.63, 3.8) is 0 Å². The second kappa shape index (κ2) is 11.1. The first-order chi connectivity index (χ1) is 16.3. The van der Waals surface area contributed by atoms with Crippen LogP contribution in [0.25, 0.3) is 0 Å². The summed E-state index contributed by atoms with van der Waals surface area (Å²) in [6.45, 7) is -0.300. The maximum Gasteiger partial charge on any atom is 0.341 e. The summed E-state index contributed by atoms with van der Waals surface area (Å²) in [7, 11) is 1.46. The lowest BCUT2D eigenvalue weighted by Gasteiger charge is -2.17. The number of anilines is 2. The largest absolute Gasteiger partial charge is 0.493 e. The predicted octanol–water partition coefficient (Wildman–Crippen LogP) is 3.96. The molecule has 0 aliphatic heterocycles. The Morgan fingerprint density at radius 1 is 1.12 bits per heavy atom. The molecule has 0 atom stereocenters. The summed E-state index contributed by atoms with van der Waals surface area (Å²) in [5.74, 6) is -0.885. The van der Waals surface area contributed by atoms with Crippen LogP contribution in [0.5, 0.6) is 11.5 Å². The minimum absolute atomic E-state index is 0.0663. The molecular formula is C24H23ClN4O5. The van der Waals surface area contributed by atoms with Gasteiger partial charge in [0.05, 0.1) is 12.7 Å². The van der Waals surface area contributed by atoms with Crippen molar-refractivity contribution in [3.8, 4) is 11.5 Å². The highest BCUT2D eigenvalue weighted by Gasteiger charge is 2.16. The van der Waals surface area contributed by atoms with Gasteiger partial charge in [-0.1, -0.05) is 23.7 Å². The first-order valence-corrected chi connectivity index (χ1v) is 10.5. The van der Waals surface area contributed by atoms with Gasteiger partial charge in [-0.25, -0.2) is 4.79 Å². The third kappa shape index (κ3) is 6.17. The smallest absolute Gasteiger partial charge is 0.341 e. The fourth-order valence-corrected chi connectivity index (χ4v) is 3.31. The number of para-hydroxylation sites is 1. The van der Waals surface area contributed by atoms with Crippen LogP contribution in [0.4, 0.5) is 11.4 Å². The molecule has 1 amide bonds. The molecule has 0 aromatic heterocycles. The number of amides is 1. The molecule has 0 aliphatic carbocycles. The molecule has 176 valence electrons. The molecule has 3 rings (SSSR count). The normalized spacial score (nSPS) is 10.3. The molecule has 0 saturated carbocycles. The lowest BCUT2D eigenvalue weighted by molar-refractivity contribution is -0.139. The molecule has 0 radical (unpaired) electrons. The van der Waals surface area contributed by atoms with Crippen molar-refractivity contribution < 1.29 is 24.2 Å².